The highest BCUT2D eigenvalue weighted by Crippen LogP contribution is 2.20. The lowest BCUT2D eigenvalue weighted by molar-refractivity contribution is 0.0944. The average Bonchev–Trinajstić information content (AvgIpc) is 3.01. The van der Waals surface area contributed by atoms with E-state index in [9.17, 15) is 4.79 Å². The Morgan fingerprint density at radius 3 is 2.75 bits per heavy atom. The summed E-state index contributed by atoms with van der Waals surface area (Å²) in [6, 6.07) is 7.72. The van der Waals surface area contributed by atoms with Crippen LogP contribution in [0.3, 0.4) is 0 Å². The van der Waals surface area contributed by atoms with E-state index in [1.54, 1.807) is 0 Å². The van der Waals surface area contributed by atoms with E-state index in [4.69, 9.17) is 0 Å². The summed E-state index contributed by atoms with van der Waals surface area (Å²) >= 11 is 0. The van der Waals surface area contributed by atoms with Crippen molar-refractivity contribution in [3.05, 3.63) is 29.8 Å². The van der Waals surface area contributed by atoms with E-state index < -0.39 is 0 Å². The Kier molecular flexibility index (Phi) is 5.51. The fourth-order valence-corrected chi connectivity index (χ4v) is 3.46. The van der Waals surface area contributed by atoms with Crippen molar-refractivity contribution >= 4 is 17.3 Å². The van der Waals surface area contributed by atoms with E-state index in [0.29, 0.717) is 12.1 Å². The van der Waals surface area contributed by atoms with Crippen molar-refractivity contribution in [1.29, 1.82) is 0 Å². The monoisotopic (exact) mass is 328 g/mol. The lowest BCUT2D eigenvalue weighted by Gasteiger charge is -2.30. The maximum atomic E-state index is 12.3. The largest absolute Gasteiger partial charge is 0.351 e. The molecule has 2 aliphatic rings. The number of nitrogens with one attached hydrogen (secondary N) is 1. The molecule has 5 nitrogen and oxygen atoms in total. The van der Waals surface area contributed by atoms with Gasteiger partial charge in [0.1, 0.15) is 0 Å². The van der Waals surface area contributed by atoms with Crippen LogP contribution in [0.15, 0.2) is 29.4 Å². The van der Waals surface area contributed by atoms with Gasteiger partial charge in [0.25, 0.3) is 5.91 Å². The molecule has 0 unspecified atom stereocenters. The number of carbonyl (C=O) groups is 1. The highest BCUT2D eigenvalue weighted by molar-refractivity contribution is 5.94. The van der Waals surface area contributed by atoms with Crippen LogP contribution in [0.4, 0.5) is 5.69 Å². The number of likely N-dealkylation sites (tertiary alicyclic amines) is 1. The van der Waals surface area contributed by atoms with Crippen molar-refractivity contribution in [2.45, 2.75) is 33.1 Å². The van der Waals surface area contributed by atoms with Crippen LogP contribution in [-0.4, -0.2) is 49.2 Å². The number of hydrogen-bond acceptors (Lipinski definition) is 4. The zero-order valence-electron chi connectivity index (χ0n) is 14.8. The standard InChI is InChI=1S/C19H28N4O/c1-15-4-3-11-22(14-15)13-10-20-19(24)17-5-7-18(8-6-17)23-12-9-16(2)21-23/h5-8,15H,3-4,9-14H2,1-2H3,(H,20,24)/t15-/m1/s1. The van der Waals surface area contributed by atoms with Crippen molar-refractivity contribution in [2.24, 2.45) is 11.0 Å². The Labute approximate surface area is 144 Å². The number of piperidine rings is 1. The Balaban J connectivity index is 1.46. The summed E-state index contributed by atoms with van der Waals surface area (Å²) in [6.45, 7) is 9.23. The molecule has 5 heteroatoms. The molecule has 1 fully saturated rings. The average molecular weight is 328 g/mol. The van der Waals surface area contributed by atoms with E-state index in [1.807, 2.05) is 36.2 Å². The summed E-state index contributed by atoms with van der Waals surface area (Å²) in [6.07, 6.45) is 3.61. The normalized spacial score (nSPS) is 21.7. The molecule has 0 saturated carbocycles. The summed E-state index contributed by atoms with van der Waals surface area (Å²) in [5, 5.41) is 9.51. The quantitative estimate of drug-likeness (QED) is 0.904. The van der Waals surface area contributed by atoms with Gasteiger partial charge in [-0.1, -0.05) is 6.92 Å². The summed E-state index contributed by atoms with van der Waals surface area (Å²) in [5.41, 5.74) is 2.92. The van der Waals surface area contributed by atoms with Gasteiger partial charge in [-0.3, -0.25) is 9.80 Å². The molecule has 1 N–H and O–H groups in total. The van der Waals surface area contributed by atoms with Gasteiger partial charge < -0.3 is 10.2 Å². The van der Waals surface area contributed by atoms with Crippen LogP contribution in [0.5, 0.6) is 0 Å². The summed E-state index contributed by atoms with van der Waals surface area (Å²) in [4.78, 5) is 14.7. The predicted octanol–water partition coefficient (Wildman–Crippen LogP) is 2.73. The van der Waals surface area contributed by atoms with Crippen LogP contribution >= 0.6 is 0 Å². The van der Waals surface area contributed by atoms with Crippen LogP contribution in [0.1, 0.15) is 43.5 Å². The number of amides is 1. The lowest BCUT2D eigenvalue weighted by atomic mass is 10.0. The number of hydrazone groups is 1. The summed E-state index contributed by atoms with van der Waals surface area (Å²) in [7, 11) is 0. The second kappa shape index (κ2) is 7.79. The predicted molar refractivity (Wildman–Crippen MR) is 98.7 cm³/mol. The number of rotatable bonds is 5. The summed E-state index contributed by atoms with van der Waals surface area (Å²) < 4.78 is 0. The minimum Gasteiger partial charge on any atom is -0.351 e. The molecule has 0 aromatic heterocycles. The first-order valence-electron chi connectivity index (χ1n) is 9.04. The topological polar surface area (TPSA) is 47.9 Å². The lowest BCUT2D eigenvalue weighted by Crippen LogP contribution is -2.40. The molecule has 0 spiro atoms. The molecule has 1 amide bonds. The molecule has 24 heavy (non-hydrogen) atoms. The van der Waals surface area contributed by atoms with Gasteiger partial charge in [0, 0.05) is 43.9 Å². The zero-order valence-corrected chi connectivity index (χ0v) is 14.8. The minimum atomic E-state index is 0.00714. The third-order valence-electron chi connectivity index (χ3n) is 4.86. The number of anilines is 1. The molecule has 1 aromatic carbocycles. The first kappa shape index (κ1) is 17.0. The van der Waals surface area contributed by atoms with Crippen LogP contribution in [0.2, 0.25) is 0 Å². The first-order chi connectivity index (χ1) is 11.6. The molecule has 130 valence electrons. The van der Waals surface area contributed by atoms with E-state index in [1.165, 1.54) is 12.8 Å². The van der Waals surface area contributed by atoms with Crippen molar-refractivity contribution < 1.29 is 4.79 Å². The van der Waals surface area contributed by atoms with E-state index >= 15 is 0 Å². The Morgan fingerprint density at radius 1 is 1.29 bits per heavy atom. The van der Waals surface area contributed by atoms with E-state index in [0.717, 1.165) is 49.9 Å². The maximum Gasteiger partial charge on any atom is 0.251 e. The molecule has 0 bridgehead atoms. The van der Waals surface area contributed by atoms with Crippen molar-refractivity contribution in [1.82, 2.24) is 10.2 Å². The first-order valence-corrected chi connectivity index (χ1v) is 9.04. The van der Waals surface area contributed by atoms with E-state index in [2.05, 4.69) is 22.2 Å². The molecule has 1 atom stereocenters. The molecule has 3 rings (SSSR count). The third kappa shape index (κ3) is 4.35. The second-order valence-electron chi connectivity index (χ2n) is 7.06. The second-order valence-corrected chi connectivity index (χ2v) is 7.06. The van der Waals surface area contributed by atoms with Crippen molar-refractivity contribution in [3.63, 3.8) is 0 Å². The maximum absolute atomic E-state index is 12.3. The van der Waals surface area contributed by atoms with Gasteiger partial charge in [-0.15, -0.1) is 0 Å². The third-order valence-corrected chi connectivity index (χ3v) is 4.86. The molecular weight excluding hydrogens is 300 g/mol. The Hall–Kier alpha value is -1.88. The number of nitrogens with zero attached hydrogens (tertiary/aromatic N) is 3. The van der Waals surface area contributed by atoms with Gasteiger partial charge in [-0.05, 0) is 56.5 Å². The fourth-order valence-electron chi connectivity index (χ4n) is 3.46. The highest BCUT2D eigenvalue weighted by Gasteiger charge is 2.16. The molecule has 0 aliphatic carbocycles. The van der Waals surface area contributed by atoms with Crippen LogP contribution in [-0.2, 0) is 0 Å². The van der Waals surface area contributed by atoms with Gasteiger partial charge >= 0.3 is 0 Å². The number of carbonyl (C=O) groups excluding carboxylic acids is 1. The van der Waals surface area contributed by atoms with E-state index in [-0.39, 0.29) is 5.91 Å². The molecule has 1 aromatic rings. The van der Waals surface area contributed by atoms with Gasteiger partial charge in [0.05, 0.1) is 5.69 Å². The van der Waals surface area contributed by atoms with Crippen LogP contribution < -0.4 is 10.3 Å². The van der Waals surface area contributed by atoms with Crippen LogP contribution in [0.25, 0.3) is 0 Å². The van der Waals surface area contributed by atoms with Crippen molar-refractivity contribution in [3.8, 4) is 0 Å². The minimum absolute atomic E-state index is 0.00714. The molecule has 2 aliphatic heterocycles. The smallest absolute Gasteiger partial charge is 0.251 e. The summed E-state index contributed by atoms with van der Waals surface area (Å²) in [5.74, 6) is 0.784. The molecular formula is C19H28N4O. The molecule has 2 heterocycles. The SMILES string of the molecule is CC1=NN(c2ccc(C(=O)NCCN3CCC[C@@H](C)C3)cc2)CC1. The Bertz CT molecular complexity index is 596. The van der Waals surface area contributed by atoms with Crippen molar-refractivity contribution in [2.75, 3.05) is 37.7 Å². The highest BCUT2D eigenvalue weighted by atomic mass is 16.1. The fraction of sp³-hybridized carbons (Fsp3) is 0.579. The Morgan fingerprint density at radius 2 is 2.08 bits per heavy atom. The number of benzene rings is 1. The van der Waals surface area contributed by atoms with Gasteiger partial charge in [0.15, 0.2) is 0 Å². The molecule has 1 saturated heterocycles. The number of hydrogen-bond donors (Lipinski definition) is 1. The van der Waals surface area contributed by atoms with Gasteiger partial charge in [-0.25, -0.2) is 0 Å². The zero-order chi connectivity index (χ0) is 16.9. The van der Waals surface area contributed by atoms with Gasteiger partial charge in [0.2, 0.25) is 0 Å². The van der Waals surface area contributed by atoms with Crippen LogP contribution in [0, 0.1) is 5.92 Å². The van der Waals surface area contributed by atoms with Gasteiger partial charge in [-0.2, -0.15) is 5.10 Å². The molecule has 0 radical (unpaired) electrons.